The molecule has 0 saturated heterocycles. The standard InChI is InChI=1S/C13H21ClF3NO/c1-12(2,7-8-14)18-11(19)9-5-3-4-6-10(9)13(15,16)17/h9-10H,3-8H2,1-2H3,(H,18,19). The molecular formula is C13H21ClF3NO. The fraction of sp³-hybridized carbons (Fsp3) is 0.923. The molecule has 0 radical (unpaired) electrons. The molecule has 0 aromatic heterocycles. The topological polar surface area (TPSA) is 29.1 Å². The molecule has 0 aromatic rings. The molecular weight excluding hydrogens is 279 g/mol. The third kappa shape index (κ3) is 4.86. The minimum atomic E-state index is -4.29. The Hall–Kier alpha value is -0.450. The van der Waals surface area contributed by atoms with Crippen LogP contribution in [-0.2, 0) is 4.79 Å². The SMILES string of the molecule is CC(C)(CCCl)NC(=O)C1CCCCC1C(F)(F)F. The van der Waals surface area contributed by atoms with Crippen molar-refractivity contribution in [2.75, 3.05) is 5.88 Å². The van der Waals surface area contributed by atoms with E-state index in [1.54, 1.807) is 13.8 Å². The summed E-state index contributed by atoms with van der Waals surface area (Å²) >= 11 is 5.63. The molecule has 19 heavy (non-hydrogen) atoms. The first-order chi connectivity index (χ1) is 8.67. The lowest BCUT2D eigenvalue weighted by Crippen LogP contribution is -2.50. The molecule has 1 rings (SSSR count). The van der Waals surface area contributed by atoms with Gasteiger partial charge in [0.2, 0.25) is 5.91 Å². The predicted octanol–water partition coefficient (Wildman–Crippen LogP) is 3.88. The van der Waals surface area contributed by atoms with Gasteiger partial charge in [0.1, 0.15) is 0 Å². The van der Waals surface area contributed by atoms with E-state index in [9.17, 15) is 18.0 Å². The highest BCUT2D eigenvalue weighted by Gasteiger charge is 2.48. The van der Waals surface area contributed by atoms with Gasteiger partial charge in [-0.25, -0.2) is 0 Å². The van der Waals surface area contributed by atoms with Crippen LogP contribution in [0.1, 0.15) is 46.0 Å². The Bertz CT molecular complexity index is 318. The second kappa shape index (κ2) is 6.33. The molecule has 1 aliphatic rings. The van der Waals surface area contributed by atoms with Crippen LogP contribution in [0.3, 0.4) is 0 Å². The summed E-state index contributed by atoms with van der Waals surface area (Å²) in [6.07, 6.45) is -2.17. The zero-order valence-corrected chi connectivity index (χ0v) is 12.1. The summed E-state index contributed by atoms with van der Waals surface area (Å²) in [5.41, 5.74) is -0.563. The first kappa shape index (κ1) is 16.6. The van der Waals surface area contributed by atoms with Gasteiger partial charge in [0.25, 0.3) is 0 Å². The van der Waals surface area contributed by atoms with Crippen LogP contribution < -0.4 is 5.32 Å². The molecule has 0 aromatic carbocycles. The Labute approximate surface area is 117 Å². The molecule has 1 N–H and O–H groups in total. The van der Waals surface area contributed by atoms with E-state index < -0.39 is 29.5 Å². The lowest BCUT2D eigenvalue weighted by molar-refractivity contribution is -0.198. The molecule has 112 valence electrons. The first-order valence-electron chi connectivity index (χ1n) is 6.62. The normalized spacial score (nSPS) is 25.2. The van der Waals surface area contributed by atoms with Crippen molar-refractivity contribution in [3.8, 4) is 0 Å². The zero-order valence-electron chi connectivity index (χ0n) is 11.3. The van der Waals surface area contributed by atoms with Crippen LogP contribution in [0.2, 0.25) is 0 Å². The molecule has 6 heteroatoms. The molecule has 1 aliphatic carbocycles. The van der Waals surface area contributed by atoms with E-state index in [1.165, 1.54) is 0 Å². The van der Waals surface area contributed by atoms with E-state index in [2.05, 4.69) is 5.32 Å². The van der Waals surface area contributed by atoms with Crippen molar-refractivity contribution in [1.29, 1.82) is 0 Å². The van der Waals surface area contributed by atoms with Gasteiger partial charge in [-0.15, -0.1) is 11.6 Å². The van der Waals surface area contributed by atoms with Crippen LogP contribution >= 0.6 is 11.6 Å². The summed E-state index contributed by atoms with van der Waals surface area (Å²) in [6, 6.07) is 0. The summed E-state index contributed by atoms with van der Waals surface area (Å²) in [4.78, 5) is 12.1. The number of halogens is 4. The number of carbonyl (C=O) groups is 1. The van der Waals surface area contributed by atoms with Gasteiger partial charge in [-0.05, 0) is 33.1 Å². The van der Waals surface area contributed by atoms with Crippen molar-refractivity contribution >= 4 is 17.5 Å². The van der Waals surface area contributed by atoms with Crippen molar-refractivity contribution in [1.82, 2.24) is 5.32 Å². The highest BCUT2D eigenvalue weighted by Crippen LogP contribution is 2.41. The largest absolute Gasteiger partial charge is 0.392 e. The highest BCUT2D eigenvalue weighted by molar-refractivity contribution is 6.17. The number of hydrogen-bond acceptors (Lipinski definition) is 1. The van der Waals surface area contributed by atoms with Crippen LogP contribution in [0, 0.1) is 11.8 Å². The maximum atomic E-state index is 12.9. The van der Waals surface area contributed by atoms with Crippen LogP contribution in [0.5, 0.6) is 0 Å². The average molecular weight is 300 g/mol. The predicted molar refractivity (Wildman–Crippen MR) is 69.1 cm³/mol. The lowest BCUT2D eigenvalue weighted by atomic mass is 9.78. The summed E-state index contributed by atoms with van der Waals surface area (Å²) in [7, 11) is 0. The molecule has 2 nitrogen and oxygen atoms in total. The Morgan fingerprint density at radius 2 is 1.84 bits per heavy atom. The van der Waals surface area contributed by atoms with Crippen LogP contribution in [0.25, 0.3) is 0 Å². The van der Waals surface area contributed by atoms with Crippen LogP contribution in [0.4, 0.5) is 13.2 Å². The number of carbonyl (C=O) groups excluding carboxylic acids is 1. The van der Waals surface area contributed by atoms with Gasteiger partial charge in [-0.3, -0.25) is 4.79 Å². The molecule has 2 unspecified atom stereocenters. The molecule has 1 fully saturated rings. The zero-order chi connectivity index (χ0) is 14.7. The molecule has 0 aliphatic heterocycles. The van der Waals surface area contributed by atoms with Crippen molar-refractivity contribution in [2.45, 2.75) is 57.7 Å². The second-order valence-electron chi connectivity index (χ2n) is 5.85. The van der Waals surface area contributed by atoms with Crippen molar-refractivity contribution in [3.05, 3.63) is 0 Å². The van der Waals surface area contributed by atoms with Crippen LogP contribution in [-0.4, -0.2) is 23.5 Å². The monoisotopic (exact) mass is 299 g/mol. The van der Waals surface area contributed by atoms with Gasteiger partial charge in [0.15, 0.2) is 0 Å². The van der Waals surface area contributed by atoms with Gasteiger partial charge in [0, 0.05) is 17.3 Å². The van der Waals surface area contributed by atoms with Crippen LogP contribution in [0.15, 0.2) is 0 Å². The smallest absolute Gasteiger partial charge is 0.351 e. The second-order valence-corrected chi connectivity index (χ2v) is 6.23. The fourth-order valence-corrected chi connectivity index (χ4v) is 3.03. The molecule has 2 atom stereocenters. The molecule has 0 heterocycles. The quantitative estimate of drug-likeness (QED) is 0.784. The van der Waals surface area contributed by atoms with Gasteiger partial charge in [-0.1, -0.05) is 12.8 Å². The minimum absolute atomic E-state index is 0.0531. The first-order valence-corrected chi connectivity index (χ1v) is 7.15. The van der Waals surface area contributed by atoms with E-state index in [4.69, 9.17) is 11.6 Å². The maximum absolute atomic E-state index is 12.9. The number of alkyl halides is 4. The molecule has 0 spiro atoms. The summed E-state index contributed by atoms with van der Waals surface area (Å²) < 4.78 is 38.8. The average Bonchev–Trinajstić information content (AvgIpc) is 2.27. The Morgan fingerprint density at radius 3 is 2.37 bits per heavy atom. The van der Waals surface area contributed by atoms with Gasteiger partial charge < -0.3 is 5.32 Å². The van der Waals surface area contributed by atoms with Gasteiger partial charge in [-0.2, -0.15) is 13.2 Å². The summed E-state index contributed by atoms with van der Waals surface area (Å²) in [6.45, 7) is 3.55. The number of nitrogens with one attached hydrogen (secondary N) is 1. The third-order valence-electron chi connectivity index (χ3n) is 3.70. The van der Waals surface area contributed by atoms with E-state index >= 15 is 0 Å². The maximum Gasteiger partial charge on any atom is 0.392 e. The van der Waals surface area contributed by atoms with Crippen molar-refractivity contribution in [3.63, 3.8) is 0 Å². The van der Waals surface area contributed by atoms with E-state index in [-0.39, 0.29) is 6.42 Å². The molecule has 1 saturated carbocycles. The fourth-order valence-electron chi connectivity index (χ4n) is 2.56. The lowest BCUT2D eigenvalue weighted by Gasteiger charge is -2.35. The van der Waals surface area contributed by atoms with Crippen molar-refractivity contribution < 1.29 is 18.0 Å². The molecule has 1 amide bonds. The van der Waals surface area contributed by atoms with Gasteiger partial charge >= 0.3 is 6.18 Å². The van der Waals surface area contributed by atoms with E-state index in [0.29, 0.717) is 31.6 Å². The van der Waals surface area contributed by atoms with Gasteiger partial charge in [0.05, 0.1) is 5.92 Å². The highest BCUT2D eigenvalue weighted by atomic mass is 35.5. The minimum Gasteiger partial charge on any atom is -0.351 e. The van der Waals surface area contributed by atoms with Crippen molar-refractivity contribution in [2.24, 2.45) is 11.8 Å². The Morgan fingerprint density at radius 1 is 1.26 bits per heavy atom. The third-order valence-corrected chi connectivity index (χ3v) is 3.89. The number of amides is 1. The summed E-state index contributed by atoms with van der Waals surface area (Å²) in [5.74, 6) is -2.59. The van der Waals surface area contributed by atoms with E-state index in [1.807, 2.05) is 0 Å². The number of hydrogen-bond donors (Lipinski definition) is 1. The molecule has 0 bridgehead atoms. The summed E-state index contributed by atoms with van der Waals surface area (Å²) in [5, 5.41) is 2.71. The van der Waals surface area contributed by atoms with E-state index in [0.717, 1.165) is 0 Å². The Balaban J connectivity index is 2.73. The Kier molecular flexibility index (Phi) is 5.53. The number of rotatable bonds is 4.